The van der Waals surface area contributed by atoms with E-state index in [1.807, 2.05) is 0 Å². The van der Waals surface area contributed by atoms with E-state index in [4.69, 9.17) is 10.00 Å². The van der Waals surface area contributed by atoms with Crippen LogP contribution < -0.4 is 0 Å². The molecular weight excluding hydrogens is 212 g/mol. The van der Waals surface area contributed by atoms with Gasteiger partial charge in [-0.1, -0.05) is 0 Å². The largest absolute Gasteiger partial charge is 0.380 e. The predicted molar refractivity (Wildman–Crippen MR) is 67.3 cm³/mol. The Kier molecular flexibility index (Phi) is 4.42. The summed E-state index contributed by atoms with van der Waals surface area (Å²) in [5.41, 5.74) is 0. The molecule has 3 heteroatoms. The first kappa shape index (κ1) is 12.9. The third-order valence-corrected chi connectivity index (χ3v) is 4.70. The summed E-state index contributed by atoms with van der Waals surface area (Å²) < 4.78 is 6.96. The molecule has 0 radical (unpaired) electrons. The van der Waals surface area contributed by atoms with Crippen molar-refractivity contribution in [1.29, 1.82) is 5.26 Å². The normalized spacial score (nSPS) is 37.2. The van der Waals surface area contributed by atoms with Crippen LogP contribution in [0, 0.1) is 17.2 Å². The van der Waals surface area contributed by atoms with E-state index in [0.717, 1.165) is 18.6 Å². The van der Waals surface area contributed by atoms with E-state index >= 15 is 0 Å². The zero-order chi connectivity index (χ0) is 12.1. The molecule has 2 rings (SSSR count). The summed E-state index contributed by atoms with van der Waals surface area (Å²) in [4.78, 5) is 0. The van der Waals surface area contributed by atoms with Crippen molar-refractivity contribution < 1.29 is 9.22 Å². The average Bonchev–Trinajstić information content (AvgIpc) is 2.34. The third-order valence-electron chi connectivity index (χ3n) is 4.70. The van der Waals surface area contributed by atoms with Crippen LogP contribution in [-0.2, 0) is 4.74 Å². The number of ether oxygens (including phenoxy) is 1. The fraction of sp³-hybridized carbons (Fsp3) is 0.929. The Balaban J connectivity index is 1.86. The van der Waals surface area contributed by atoms with Crippen LogP contribution in [0.5, 0.6) is 0 Å². The zero-order valence-corrected chi connectivity index (χ0v) is 11.0. The lowest BCUT2D eigenvalue weighted by atomic mass is 9.82. The van der Waals surface area contributed by atoms with Crippen LogP contribution in [0.3, 0.4) is 0 Å². The summed E-state index contributed by atoms with van der Waals surface area (Å²) in [6.45, 7) is 4.21. The van der Waals surface area contributed by atoms with Gasteiger partial charge in [-0.3, -0.25) is 0 Å². The lowest BCUT2D eigenvalue weighted by molar-refractivity contribution is -0.947. The van der Waals surface area contributed by atoms with E-state index in [0.29, 0.717) is 13.0 Å². The molecule has 3 atom stereocenters. The number of nitrogens with zero attached hydrogens (tertiary/aromatic N) is 2. The topological polar surface area (TPSA) is 33.0 Å². The second-order valence-corrected chi connectivity index (χ2v) is 5.88. The van der Waals surface area contributed by atoms with Gasteiger partial charge < -0.3 is 9.22 Å². The molecule has 0 aromatic heterocycles. The van der Waals surface area contributed by atoms with E-state index in [1.54, 1.807) is 0 Å². The van der Waals surface area contributed by atoms with Crippen molar-refractivity contribution >= 4 is 0 Å². The molecule has 0 bridgehead atoms. The van der Waals surface area contributed by atoms with E-state index in [2.05, 4.69) is 13.1 Å². The SMILES string of the molecule is C[N+]12CCCC[C@@H]1[C@@H](COCCC#N)CCC2. The summed E-state index contributed by atoms with van der Waals surface area (Å²) in [6.07, 6.45) is 7.37. The molecule has 96 valence electrons. The first-order valence-corrected chi connectivity index (χ1v) is 7.05. The molecule has 0 aliphatic carbocycles. The molecule has 0 amide bonds. The lowest BCUT2D eigenvalue weighted by Crippen LogP contribution is -2.61. The van der Waals surface area contributed by atoms with Gasteiger partial charge in [0.1, 0.15) is 0 Å². The smallest absolute Gasteiger partial charge is 0.0939 e. The standard InChI is InChI=1S/C14H25N2O/c1-16-9-3-2-7-14(16)13(6-4-10-16)12-17-11-5-8-15/h13-14H,2-7,9-12H2,1H3/q+1/t13-,14-,16?/m1/s1. The molecule has 2 fully saturated rings. The highest BCUT2D eigenvalue weighted by molar-refractivity contribution is 4.79. The van der Waals surface area contributed by atoms with Gasteiger partial charge in [0, 0.05) is 12.3 Å². The summed E-state index contributed by atoms with van der Waals surface area (Å²) in [5, 5.41) is 8.50. The van der Waals surface area contributed by atoms with Gasteiger partial charge in [-0.25, -0.2) is 0 Å². The van der Waals surface area contributed by atoms with Gasteiger partial charge in [0.05, 0.1) is 51.9 Å². The Labute approximate surface area is 105 Å². The fourth-order valence-corrected chi connectivity index (χ4v) is 3.78. The van der Waals surface area contributed by atoms with Crippen molar-refractivity contribution in [2.24, 2.45) is 5.92 Å². The highest BCUT2D eigenvalue weighted by Crippen LogP contribution is 2.35. The van der Waals surface area contributed by atoms with Crippen LogP contribution in [0.25, 0.3) is 0 Å². The van der Waals surface area contributed by atoms with Crippen molar-refractivity contribution in [3.05, 3.63) is 0 Å². The van der Waals surface area contributed by atoms with Gasteiger partial charge in [-0.05, 0) is 25.7 Å². The highest BCUT2D eigenvalue weighted by Gasteiger charge is 2.43. The maximum Gasteiger partial charge on any atom is 0.0939 e. The van der Waals surface area contributed by atoms with Gasteiger partial charge in [0.15, 0.2) is 0 Å². The molecule has 0 spiro atoms. The molecule has 1 unspecified atom stereocenters. The van der Waals surface area contributed by atoms with Gasteiger partial charge >= 0.3 is 0 Å². The monoisotopic (exact) mass is 237 g/mol. The molecule has 2 saturated heterocycles. The number of fused-ring (bicyclic) bond motifs is 1. The maximum atomic E-state index is 8.50. The quantitative estimate of drug-likeness (QED) is 0.555. The second-order valence-electron chi connectivity index (χ2n) is 5.88. The summed E-state index contributed by atoms with van der Waals surface area (Å²) in [6, 6.07) is 2.96. The number of quaternary nitrogens is 1. The molecule has 3 nitrogen and oxygen atoms in total. The number of piperidine rings is 2. The molecule has 2 aliphatic rings. The highest BCUT2D eigenvalue weighted by atomic mass is 16.5. The minimum atomic E-state index is 0.531. The Morgan fingerprint density at radius 1 is 1.24 bits per heavy atom. The Hall–Kier alpha value is -0.590. The molecule has 0 aromatic rings. The van der Waals surface area contributed by atoms with E-state index in [9.17, 15) is 0 Å². The Bertz CT molecular complexity index is 282. The van der Waals surface area contributed by atoms with E-state index in [1.165, 1.54) is 49.7 Å². The van der Waals surface area contributed by atoms with Gasteiger partial charge in [0.2, 0.25) is 0 Å². The second kappa shape index (κ2) is 5.84. The van der Waals surface area contributed by atoms with Crippen molar-refractivity contribution in [3.63, 3.8) is 0 Å². The Morgan fingerprint density at radius 2 is 2.06 bits per heavy atom. The maximum absolute atomic E-state index is 8.50. The summed E-state index contributed by atoms with van der Waals surface area (Å²) in [5.74, 6) is 0.729. The molecule has 0 saturated carbocycles. The van der Waals surface area contributed by atoms with Crippen LogP contribution in [0.15, 0.2) is 0 Å². The summed E-state index contributed by atoms with van der Waals surface area (Å²) >= 11 is 0. The van der Waals surface area contributed by atoms with Gasteiger partial charge in [0.25, 0.3) is 0 Å². The van der Waals surface area contributed by atoms with Crippen LogP contribution in [0.2, 0.25) is 0 Å². The Morgan fingerprint density at radius 3 is 2.88 bits per heavy atom. The average molecular weight is 237 g/mol. The van der Waals surface area contributed by atoms with Gasteiger partial charge in [-0.2, -0.15) is 5.26 Å². The van der Waals surface area contributed by atoms with Crippen molar-refractivity contribution in [1.82, 2.24) is 0 Å². The first-order chi connectivity index (χ1) is 8.26. The lowest BCUT2D eigenvalue weighted by Gasteiger charge is -2.51. The zero-order valence-electron chi connectivity index (χ0n) is 11.0. The molecule has 2 heterocycles. The first-order valence-electron chi connectivity index (χ1n) is 7.05. The molecular formula is C14H25N2O+. The number of nitriles is 1. The number of hydrogen-bond acceptors (Lipinski definition) is 2. The molecule has 2 aliphatic heterocycles. The third kappa shape index (κ3) is 3.00. The minimum Gasteiger partial charge on any atom is -0.380 e. The molecule has 0 N–H and O–H groups in total. The fourth-order valence-electron chi connectivity index (χ4n) is 3.78. The van der Waals surface area contributed by atoms with E-state index < -0.39 is 0 Å². The van der Waals surface area contributed by atoms with Crippen molar-refractivity contribution in [2.75, 3.05) is 33.4 Å². The molecule has 0 aromatic carbocycles. The number of hydrogen-bond donors (Lipinski definition) is 0. The van der Waals surface area contributed by atoms with Crippen LogP contribution in [0.1, 0.15) is 38.5 Å². The van der Waals surface area contributed by atoms with Gasteiger partial charge in [-0.15, -0.1) is 0 Å². The van der Waals surface area contributed by atoms with Crippen molar-refractivity contribution in [3.8, 4) is 6.07 Å². The van der Waals surface area contributed by atoms with Crippen LogP contribution in [0.4, 0.5) is 0 Å². The predicted octanol–water partition coefficient (Wildman–Crippen LogP) is 2.33. The van der Waals surface area contributed by atoms with Crippen molar-refractivity contribution in [2.45, 2.75) is 44.6 Å². The van der Waals surface area contributed by atoms with E-state index in [-0.39, 0.29) is 0 Å². The van der Waals surface area contributed by atoms with Crippen LogP contribution >= 0.6 is 0 Å². The summed E-state index contributed by atoms with van der Waals surface area (Å²) in [7, 11) is 2.44. The minimum absolute atomic E-state index is 0.531. The van der Waals surface area contributed by atoms with Crippen LogP contribution in [-0.4, -0.2) is 43.9 Å². The number of rotatable bonds is 4. The molecule has 17 heavy (non-hydrogen) atoms.